The topological polar surface area (TPSA) is 119 Å². The van der Waals surface area contributed by atoms with Crippen LogP contribution < -0.4 is 4.72 Å². The second-order valence-electron chi connectivity index (χ2n) is 5.93. The summed E-state index contributed by atoms with van der Waals surface area (Å²) in [6.45, 7) is 3.33. The summed E-state index contributed by atoms with van der Waals surface area (Å²) in [6.07, 6.45) is 4.06. The summed E-state index contributed by atoms with van der Waals surface area (Å²) < 4.78 is 36.2. The van der Waals surface area contributed by atoms with Crippen LogP contribution in [0.3, 0.4) is 0 Å². The SMILES string of the molecule is Cc1noc(C)c1S(=O)(=O)NCC(=O)OCC(=O)N1CCCCCC1. The summed E-state index contributed by atoms with van der Waals surface area (Å²) in [7, 11) is -3.94. The van der Waals surface area contributed by atoms with Gasteiger partial charge in [0.1, 0.15) is 17.1 Å². The summed E-state index contributed by atoms with van der Waals surface area (Å²) in [4.78, 5) is 25.3. The zero-order valence-electron chi connectivity index (χ0n) is 14.4. The quantitative estimate of drug-likeness (QED) is 0.722. The number of carbonyl (C=O) groups excluding carboxylic acids is 2. The highest BCUT2D eigenvalue weighted by Gasteiger charge is 2.25. The molecule has 0 unspecified atom stereocenters. The molecule has 0 aliphatic carbocycles. The molecule has 0 radical (unpaired) electrons. The minimum atomic E-state index is -3.94. The highest BCUT2D eigenvalue weighted by atomic mass is 32.2. The maximum atomic E-state index is 12.2. The van der Waals surface area contributed by atoms with Gasteiger partial charge in [-0.15, -0.1) is 0 Å². The van der Waals surface area contributed by atoms with Gasteiger partial charge in [0.2, 0.25) is 10.0 Å². The van der Waals surface area contributed by atoms with Gasteiger partial charge in [-0.1, -0.05) is 18.0 Å². The number of hydrogen-bond donors (Lipinski definition) is 1. The number of nitrogens with one attached hydrogen (secondary N) is 1. The van der Waals surface area contributed by atoms with Crippen molar-refractivity contribution in [1.29, 1.82) is 0 Å². The Morgan fingerprint density at radius 1 is 1.20 bits per heavy atom. The van der Waals surface area contributed by atoms with Crippen molar-refractivity contribution >= 4 is 21.9 Å². The highest BCUT2D eigenvalue weighted by molar-refractivity contribution is 7.89. The second kappa shape index (κ2) is 8.43. The molecular weight excluding hydrogens is 350 g/mol. The van der Waals surface area contributed by atoms with Gasteiger partial charge in [-0.3, -0.25) is 9.59 Å². The molecular formula is C15H23N3O6S. The van der Waals surface area contributed by atoms with Crippen molar-refractivity contribution in [3.8, 4) is 0 Å². The fourth-order valence-corrected chi connectivity index (χ4v) is 3.98. The van der Waals surface area contributed by atoms with Gasteiger partial charge in [-0.05, 0) is 26.7 Å². The van der Waals surface area contributed by atoms with Crippen molar-refractivity contribution < 1.29 is 27.3 Å². The first-order chi connectivity index (χ1) is 11.8. The lowest BCUT2D eigenvalue weighted by molar-refractivity contribution is -0.151. The highest BCUT2D eigenvalue weighted by Crippen LogP contribution is 2.18. The number of aryl methyl sites for hydroxylation is 2. The number of sulfonamides is 1. The predicted molar refractivity (Wildman–Crippen MR) is 87.2 cm³/mol. The average Bonchev–Trinajstić information content (AvgIpc) is 2.78. The lowest BCUT2D eigenvalue weighted by Crippen LogP contribution is -2.37. The number of amides is 1. The lowest BCUT2D eigenvalue weighted by Gasteiger charge is -2.19. The molecule has 0 aromatic carbocycles. The Labute approximate surface area is 146 Å². The van der Waals surface area contributed by atoms with Crippen molar-refractivity contribution in [3.05, 3.63) is 11.5 Å². The smallest absolute Gasteiger partial charge is 0.321 e. The number of nitrogens with zero attached hydrogens (tertiary/aromatic N) is 2. The third kappa shape index (κ3) is 5.27. The lowest BCUT2D eigenvalue weighted by atomic mass is 10.2. The van der Waals surface area contributed by atoms with Crippen molar-refractivity contribution in [2.24, 2.45) is 0 Å². The minimum Gasteiger partial charge on any atom is -0.455 e. The molecule has 0 atom stereocenters. The summed E-state index contributed by atoms with van der Waals surface area (Å²) in [5, 5.41) is 3.57. The minimum absolute atomic E-state index is 0.0963. The van der Waals surface area contributed by atoms with Crippen LogP contribution in [0.5, 0.6) is 0 Å². The van der Waals surface area contributed by atoms with E-state index in [1.165, 1.54) is 13.8 Å². The summed E-state index contributed by atoms with van der Waals surface area (Å²) in [5.41, 5.74) is 0.203. The van der Waals surface area contributed by atoms with Crippen LogP contribution >= 0.6 is 0 Å². The van der Waals surface area contributed by atoms with Crippen LogP contribution in [0.2, 0.25) is 0 Å². The van der Waals surface area contributed by atoms with E-state index in [2.05, 4.69) is 9.88 Å². The van der Waals surface area contributed by atoms with E-state index >= 15 is 0 Å². The molecule has 1 N–H and O–H groups in total. The van der Waals surface area contributed by atoms with Crippen LogP contribution in [0, 0.1) is 13.8 Å². The first kappa shape index (κ1) is 19.4. The molecule has 2 rings (SSSR count). The van der Waals surface area contributed by atoms with Crippen molar-refractivity contribution in [3.63, 3.8) is 0 Å². The molecule has 140 valence electrons. The zero-order chi connectivity index (χ0) is 18.4. The number of esters is 1. The number of carbonyl (C=O) groups is 2. The van der Waals surface area contributed by atoms with Gasteiger partial charge >= 0.3 is 5.97 Å². The Bertz CT molecular complexity index is 700. The molecule has 1 aliphatic heterocycles. The van der Waals surface area contributed by atoms with Gasteiger partial charge in [-0.2, -0.15) is 4.72 Å². The standard InChI is InChI=1S/C15H23N3O6S/c1-11-15(12(2)24-17-11)25(21,22)16-9-14(20)23-10-13(19)18-7-5-3-4-6-8-18/h16H,3-10H2,1-2H3. The van der Waals surface area contributed by atoms with Crippen LogP contribution in [-0.2, 0) is 24.3 Å². The molecule has 1 fully saturated rings. The summed E-state index contributed by atoms with van der Waals surface area (Å²) in [5.74, 6) is -0.947. The third-order valence-corrected chi connectivity index (χ3v) is 5.60. The molecule has 1 aliphatic rings. The molecule has 1 saturated heterocycles. The Hall–Kier alpha value is -1.94. The Balaban J connectivity index is 1.81. The molecule has 9 nitrogen and oxygen atoms in total. The van der Waals surface area contributed by atoms with Gasteiger partial charge in [0.25, 0.3) is 5.91 Å². The van der Waals surface area contributed by atoms with Gasteiger partial charge in [0, 0.05) is 13.1 Å². The van der Waals surface area contributed by atoms with Gasteiger partial charge in [0.05, 0.1) is 0 Å². The average molecular weight is 373 g/mol. The van der Waals surface area contributed by atoms with E-state index in [0.717, 1.165) is 25.7 Å². The fourth-order valence-electron chi connectivity index (χ4n) is 2.69. The van der Waals surface area contributed by atoms with E-state index in [0.29, 0.717) is 13.1 Å². The van der Waals surface area contributed by atoms with E-state index in [9.17, 15) is 18.0 Å². The molecule has 1 aromatic rings. The monoisotopic (exact) mass is 373 g/mol. The number of rotatable bonds is 6. The maximum Gasteiger partial charge on any atom is 0.321 e. The second-order valence-corrected chi connectivity index (χ2v) is 7.64. The van der Waals surface area contributed by atoms with E-state index < -0.39 is 22.5 Å². The van der Waals surface area contributed by atoms with E-state index in [4.69, 9.17) is 9.26 Å². The van der Waals surface area contributed by atoms with E-state index in [-0.39, 0.29) is 28.9 Å². The van der Waals surface area contributed by atoms with E-state index in [1.54, 1.807) is 4.90 Å². The van der Waals surface area contributed by atoms with Gasteiger partial charge in [-0.25, -0.2) is 8.42 Å². The summed E-state index contributed by atoms with van der Waals surface area (Å²) >= 11 is 0. The van der Waals surface area contributed by atoms with Gasteiger partial charge in [0.15, 0.2) is 12.4 Å². The number of aromatic nitrogens is 1. The molecule has 0 bridgehead atoms. The van der Waals surface area contributed by atoms with Crippen LogP contribution in [0.1, 0.15) is 37.1 Å². The number of hydrogen-bond acceptors (Lipinski definition) is 7. The van der Waals surface area contributed by atoms with Gasteiger partial charge < -0.3 is 14.2 Å². The zero-order valence-corrected chi connectivity index (χ0v) is 15.2. The third-order valence-electron chi connectivity index (χ3n) is 3.96. The Morgan fingerprint density at radius 2 is 1.84 bits per heavy atom. The molecule has 1 aromatic heterocycles. The molecule has 0 saturated carbocycles. The Kier molecular flexibility index (Phi) is 6.54. The predicted octanol–water partition coefficient (Wildman–Crippen LogP) is 0.516. The first-order valence-corrected chi connectivity index (χ1v) is 9.65. The van der Waals surface area contributed by atoms with Crippen molar-refractivity contribution in [1.82, 2.24) is 14.8 Å². The van der Waals surface area contributed by atoms with Crippen molar-refractivity contribution in [2.45, 2.75) is 44.4 Å². The maximum absolute atomic E-state index is 12.2. The van der Waals surface area contributed by atoms with Crippen LogP contribution in [0.4, 0.5) is 0 Å². The molecule has 25 heavy (non-hydrogen) atoms. The summed E-state index contributed by atoms with van der Waals surface area (Å²) in [6, 6.07) is 0. The fraction of sp³-hybridized carbons (Fsp3) is 0.667. The van der Waals surface area contributed by atoms with Crippen LogP contribution in [0.15, 0.2) is 9.42 Å². The van der Waals surface area contributed by atoms with E-state index in [1.807, 2.05) is 0 Å². The normalized spacial score (nSPS) is 15.7. The first-order valence-electron chi connectivity index (χ1n) is 8.17. The van der Waals surface area contributed by atoms with Crippen LogP contribution in [-0.4, -0.2) is 56.6 Å². The number of likely N-dealkylation sites (tertiary alicyclic amines) is 1. The molecule has 1 amide bonds. The molecule has 10 heteroatoms. The molecule has 2 heterocycles. The molecule has 0 spiro atoms. The Morgan fingerprint density at radius 3 is 2.40 bits per heavy atom. The van der Waals surface area contributed by atoms with Crippen molar-refractivity contribution in [2.75, 3.05) is 26.2 Å². The van der Waals surface area contributed by atoms with Crippen LogP contribution in [0.25, 0.3) is 0 Å². The number of ether oxygens (including phenoxy) is 1. The largest absolute Gasteiger partial charge is 0.455 e.